The van der Waals surface area contributed by atoms with Crippen LogP contribution in [0.2, 0.25) is 0 Å². The summed E-state index contributed by atoms with van der Waals surface area (Å²) in [5.41, 5.74) is 0.267. The predicted molar refractivity (Wildman–Crippen MR) is 62.9 cm³/mol. The Kier molecular flexibility index (Phi) is 5.20. The van der Waals surface area contributed by atoms with Crippen molar-refractivity contribution < 1.29 is 19.1 Å². The lowest BCUT2D eigenvalue weighted by Gasteiger charge is -2.08. The van der Waals surface area contributed by atoms with Crippen molar-refractivity contribution in [3.05, 3.63) is 29.8 Å². The first-order chi connectivity index (χ1) is 8.15. The molecule has 0 radical (unpaired) electrons. The van der Waals surface area contributed by atoms with Crippen molar-refractivity contribution in [3.8, 4) is 5.75 Å². The fraction of sp³-hybridized carbons (Fsp3) is 0.385. The normalized spacial score (nSPS) is 10.1. The molecule has 1 aromatic rings. The molecule has 17 heavy (non-hydrogen) atoms. The Morgan fingerprint density at radius 1 is 1.35 bits per heavy atom. The molecule has 92 valence electrons. The van der Waals surface area contributed by atoms with Gasteiger partial charge in [-0.2, -0.15) is 0 Å². The van der Waals surface area contributed by atoms with E-state index in [1.165, 1.54) is 0 Å². The molecule has 0 amide bonds. The minimum absolute atomic E-state index is 0.219. The second kappa shape index (κ2) is 6.68. The third-order valence-corrected chi connectivity index (χ3v) is 2.21. The molecule has 4 nitrogen and oxygen atoms in total. The van der Waals surface area contributed by atoms with Gasteiger partial charge in [-0.1, -0.05) is 26.0 Å². The van der Waals surface area contributed by atoms with Crippen LogP contribution in [0.1, 0.15) is 30.6 Å². The molecule has 0 aromatic heterocycles. The lowest BCUT2D eigenvalue weighted by molar-refractivity contribution is -0.120. The summed E-state index contributed by atoms with van der Waals surface area (Å²) in [5, 5.41) is 0. The van der Waals surface area contributed by atoms with Crippen LogP contribution in [0.25, 0.3) is 0 Å². The molecule has 0 N–H and O–H groups in total. The Morgan fingerprint density at radius 3 is 2.71 bits per heavy atom. The molecule has 0 saturated carbocycles. The van der Waals surface area contributed by atoms with E-state index in [2.05, 4.69) is 13.8 Å². The Morgan fingerprint density at radius 2 is 2.06 bits per heavy atom. The summed E-state index contributed by atoms with van der Waals surface area (Å²) in [5.74, 6) is 0.226. The molecule has 0 fully saturated rings. The van der Waals surface area contributed by atoms with Crippen LogP contribution in [-0.4, -0.2) is 19.0 Å². The summed E-state index contributed by atoms with van der Waals surface area (Å²) in [6.07, 6.45) is 0.808. The zero-order valence-electron chi connectivity index (χ0n) is 10.0. The van der Waals surface area contributed by atoms with Crippen LogP contribution >= 0.6 is 0 Å². The average molecular weight is 236 g/mol. The summed E-state index contributed by atoms with van der Waals surface area (Å²) in [6, 6.07) is 6.49. The minimum Gasteiger partial charge on any atom is -0.462 e. The highest BCUT2D eigenvalue weighted by molar-refractivity contribution is 5.92. The van der Waals surface area contributed by atoms with Crippen molar-refractivity contribution in [2.24, 2.45) is 5.92 Å². The average Bonchev–Trinajstić information content (AvgIpc) is 2.29. The summed E-state index contributed by atoms with van der Waals surface area (Å²) in [4.78, 5) is 22.0. The molecule has 1 aromatic carbocycles. The molecule has 0 spiro atoms. The fourth-order valence-corrected chi connectivity index (χ4v) is 1.25. The summed E-state index contributed by atoms with van der Waals surface area (Å²) in [6.45, 7) is 4.76. The van der Waals surface area contributed by atoms with Crippen LogP contribution in [0.15, 0.2) is 24.3 Å². The lowest BCUT2D eigenvalue weighted by atomic mass is 10.1. The number of para-hydroxylation sites is 1. The van der Waals surface area contributed by atoms with E-state index in [9.17, 15) is 9.59 Å². The quantitative estimate of drug-likeness (QED) is 0.562. The largest absolute Gasteiger partial charge is 0.462 e. The second-order valence-corrected chi connectivity index (χ2v) is 4.03. The summed E-state index contributed by atoms with van der Waals surface area (Å²) < 4.78 is 9.80. The van der Waals surface area contributed by atoms with E-state index in [1.807, 2.05) is 0 Å². The first kappa shape index (κ1) is 13.2. The van der Waals surface area contributed by atoms with E-state index in [1.54, 1.807) is 24.3 Å². The number of esters is 1. The van der Waals surface area contributed by atoms with Crippen LogP contribution in [0, 0.1) is 5.92 Å². The molecule has 0 saturated heterocycles. The van der Waals surface area contributed by atoms with Crippen LogP contribution < -0.4 is 4.74 Å². The van der Waals surface area contributed by atoms with E-state index < -0.39 is 5.97 Å². The molecular formula is C13H16O4. The van der Waals surface area contributed by atoms with Crippen molar-refractivity contribution in [3.63, 3.8) is 0 Å². The highest BCUT2D eigenvalue weighted by atomic mass is 16.5. The summed E-state index contributed by atoms with van der Waals surface area (Å²) in [7, 11) is 0. The number of benzene rings is 1. The van der Waals surface area contributed by atoms with Crippen molar-refractivity contribution in [2.45, 2.75) is 20.3 Å². The van der Waals surface area contributed by atoms with E-state index in [4.69, 9.17) is 9.47 Å². The topological polar surface area (TPSA) is 52.6 Å². The SMILES string of the molecule is CC(C)CCOC(=O)c1ccccc1OC=O. The van der Waals surface area contributed by atoms with Crippen molar-refractivity contribution in [2.75, 3.05) is 6.61 Å². The van der Waals surface area contributed by atoms with Gasteiger partial charge in [0, 0.05) is 0 Å². The second-order valence-electron chi connectivity index (χ2n) is 4.03. The molecule has 4 heteroatoms. The van der Waals surface area contributed by atoms with Gasteiger partial charge in [0.15, 0.2) is 0 Å². The maximum atomic E-state index is 11.7. The molecule has 0 atom stereocenters. The molecule has 0 aliphatic carbocycles. The van der Waals surface area contributed by atoms with Crippen molar-refractivity contribution in [1.29, 1.82) is 0 Å². The number of ether oxygens (including phenoxy) is 2. The molecule has 0 heterocycles. The van der Waals surface area contributed by atoms with E-state index in [0.29, 0.717) is 19.0 Å². The van der Waals surface area contributed by atoms with Crippen molar-refractivity contribution >= 4 is 12.4 Å². The lowest BCUT2D eigenvalue weighted by Crippen LogP contribution is -2.09. The van der Waals surface area contributed by atoms with Crippen LogP contribution in [0.4, 0.5) is 0 Å². The molecule has 0 bridgehead atoms. The van der Waals surface area contributed by atoms with E-state index in [0.717, 1.165) is 6.42 Å². The van der Waals surface area contributed by atoms with Gasteiger partial charge in [-0.05, 0) is 24.5 Å². The van der Waals surface area contributed by atoms with Gasteiger partial charge in [-0.25, -0.2) is 4.79 Å². The van der Waals surface area contributed by atoms with Gasteiger partial charge in [0.2, 0.25) is 0 Å². The molecule has 1 rings (SSSR count). The Hall–Kier alpha value is -1.84. The van der Waals surface area contributed by atoms with Crippen LogP contribution in [-0.2, 0) is 9.53 Å². The smallest absolute Gasteiger partial charge is 0.341 e. The number of rotatable bonds is 6. The Labute approximate surface area is 101 Å². The highest BCUT2D eigenvalue weighted by Crippen LogP contribution is 2.18. The standard InChI is InChI=1S/C13H16O4/c1-10(2)7-8-16-13(15)11-5-3-4-6-12(11)17-9-14/h3-6,9-10H,7-8H2,1-2H3. The Balaban J connectivity index is 2.64. The predicted octanol–water partition coefficient (Wildman–Crippen LogP) is 2.42. The van der Waals surface area contributed by atoms with Gasteiger partial charge in [0.1, 0.15) is 11.3 Å². The van der Waals surface area contributed by atoms with Crippen LogP contribution in [0.3, 0.4) is 0 Å². The molecular weight excluding hydrogens is 220 g/mol. The summed E-state index contributed by atoms with van der Waals surface area (Å²) >= 11 is 0. The van der Waals surface area contributed by atoms with E-state index >= 15 is 0 Å². The molecule has 0 unspecified atom stereocenters. The zero-order chi connectivity index (χ0) is 12.7. The maximum absolute atomic E-state index is 11.7. The van der Waals surface area contributed by atoms with Gasteiger partial charge in [0.05, 0.1) is 6.61 Å². The number of carbonyl (C=O) groups excluding carboxylic acids is 2. The van der Waals surface area contributed by atoms with Gasteiger partial charge >= 0.3 is 5.97 Å². The highest BCUT2D eigenvalue weighted by Gasteiger charge is 2.13. The first-order valence-corrected chi connectivity index (χ1v) is 5.51. The third kappa shape index (κ3) is 4.26. The van der Waals surface area contributed by atoms with Gasteiger partial charge in [-0.15, -0.1) is 0 Å². The monoisotopic (exact) mass is 236 g/mol. The first-order valence-electron chi connectivity index (χ1n) is 5.51. The minimum atomic E-state index is -0.469. The van der Waals surface area contributed by atoms with Gasteiger partial charge < -0.3 is 9.47 Å². The van der Waals surface area contributed by atoms with E-state index in [-0.39, 0.29) is 11.3 Å². The van der Waals surface area contributed by atoms with Crippen molar-refractivity contribution in [1.82, 2.24) is 0 Å². The van der Waals surface area contributed by atoms with Gasteiger partial charge in [-0.3, -0.25) is 4.79 Å². The number of hydrogen-bond acceptors (Lipinski definition) is 4. The fourth-order valence-electron chi connectivity index (χ4n) is 1.25. The zero-order valence-corrected chi connectivity index (χ0v) is 10.0. The maximum Gasteiger partial charge on any atom is 0.341 e. The van der Waals surface area contributed by atoms with Gasteiger partial charge in [0.25, 0.3) is 6.47 Å². The third-order valence-electron chi connectivity index (χ3n) is 2.21. The molecule has 0 aliphatic heterocycles. The molecule has 0 aliphatic rings. The number of carbonyl (C=O) groups is 2. The van der Waals surface area contributed by atoms with Crippen LogP contribution in [0.5, 0.6) is 5.75 Å². The Bertz CT molecular complexity index is 385. The number of hydrogen-bond donors (Lipinski definition) is 0.